The van der Waals surface area contributed by atoms with Crippen LogP contribution in [-0.4, -0.2) is 13.6 Å². The van der Waals surface area contributed by atoms with E-state index in [1.54, 1.807) is 6.92 Å². The summed E-state index contributed by atoms with van der Waals surface area (Å²) >= 11 is 0. The molecule has 0 aliphatic rings. The highest BCUT2D eigenvalue weighted by molar-refractivity contribution is 5.28. The van der Waals surface area contributed by atoms with Crippen molar-refractivity contribution >= 4 is 0 Å². The number of rotatable bonds is 3. The first-order valence-corrected chi connectivity index (χ1v) is 4.24. The molecule has 1 rings (SSSR count). The Kier molecular flexibility index (Phi) is 3.37. The molecule has 0 bridgehead atoms. The predicted molar refractivity (Wildman–Crippen MR) is 48.7 cm³/mol. The molecular weight excluding hydrogens is 172 g/mol. The topological polar surface area (TPSA) is 12.0 Å². The van der Waals surface area contributed by atoms with Gasteiger partial charge in [-0.15, -0.1) is 0 Å². The Morgan fingerprint density at radius 1 is 1.31 bits per heavy atom. The third-order valence-electron chi connectivity index (χ3n) is 2.06. The van der Waals surface area contributed by atoms with Gasteiger partial charge in [-0.2, -0.15) is 0 Å². The van der Waals surface area contributed by atoms with E-state index in [4.69, 9.17) is 0 Å². The van der Waals surface area contributed by atoms with Crippen molar-refractivity contribution in [1.29, 1.82) is 0 Å². The molecule has 0 fully saturated rings. The van der Waals surface area contributed by atoms with Crippen molar-refractivity contribution in [2.75, 3.05) is 13.6 Å². The highest BCUT2D eigenvalue weighted by atomic mass is 19.1. The summed E-state index contributed by atoms with van der Waals surface area (Å²) in [4.78, 5) is 0. The van der Waals surface area contributed by atoms with Gasteiger partial charge in [0.15, 0.2) is 0 Å². The van der Waals surface area contributed by atoms with Crippen molar-refractivity contribution in [3.63, 3.8) is 0 Å². The first kappa shape index (κ1) is 10.1. The average Bonchev–Trinajstić information content (AvgIpc) is 2.09. The quantitative estimate of drug-likeness (QED) is 0.759. The van der Waals surface area contributed by atoms with Crippen molar-refractivity contribution in [3.05, 3.63) is 34.9 Å². The number of halogens is 2. The van der Waals surface area contributed by atoms with Gasteiger partial charge in [0.1, 0.15) is 11.6 Å². The molecule has 0 unspecified atom stereocenters. The van der Waals surface area contributed by atoms with Crippen LogP contribution in [0.2, 0.25) is 0 Å². The van der Waals surface area contributed by atoms with Gasteiger partial charge in [-0.25, -0.2) is 8.78 Å². The second-order valence-corrected chi connectivity index (χ2v) is 3.03. The molecule has 0 radical (unpaired) electrons. The lowest BCUT2D eigenvalue weighted by atomic mass is 10.1. The molecule has 1 aromatic carbocycles. The zero-order valence-corrected chi connectivity index (χ0v) is 7.82. The zero-order valence-electron chi connectivity index (χ0n) is 7.82. The molecule has 0 heterocycles. The molecule has 1 nitrogen and oxygen atoms in total. The van der Waals surface area contributed by atoms with Crippen LogP contribution in [0.3, 0.4) is 0 Å². The van der Waals surface area contributed by atoms with Gasteiger partial charge in [-0.05, 0) is 44.1 Å². The lowest BCUT2D eigenvalue weighted by molar-refractivity contribution is 0.572. The number of hydrogen-bond acceptors (Lipinski definition) is 1. The molecule has 1 aromatic rings. The molecule has 0 aliphatic carbocycles. The van der Waals surface area contributed by atoms with E-state index in [1.807, 2.05) is 7.05 Å². The summed E-state index contributed by atoms with van der Waals surface area (Å²) < 4.78 is 25.8. The summed E-state index contributed by atoms with van der Waals surface area (Å²) in [5, 5.41) is 2.94. The molecule has 0 atom stereocenters. The predicted octanol–water partition coefficient (Wildman–Crippen LogP) is 2.04. The van der Waals surface area contributed by atoms with Gasteiger partial charge in [-0.1, -0.05) is 0 Å². The first-order chi connectivity index (χ1) is 6.15. The minimum Gasteiger partial charge on any atom is -0.319 e. The number of likely N-dealkylation sites (N-methyl/N-ethyl adjacent to an activating group) is 1. The van der Waals surface area contributed by atoms with Crippen LogP contribution < -0.4 is 5.32 Å². The van der Waals surface area contributed by atoms with Crippen LogP contribution in [0.5, 0.6) is 0 Å². The van der Waals surface area contributed by atoms with E-state index in [1.165, 1.54) is 6.07 Å². The van der Waals surface area contributed by atoms with Crippen molar-refractivity contribution in [3.8, 4) is 0 Å². The molecule has 0 spiro atoms. The SMILES string of the molecule is CNCCc1cc(F)cc(F)c1C. The highest BCUT2D eigenvalue weighted by Gasteiger charge is 2.06. The third kappa shape index (κ3) is 2.49. The van der Waals surface area contributed by atoms with Crippen molar-refractivity contribution < 1.29 is 8.78 Å². The van der Waals surface area contributed by atoms with E-state index < -0.39 is 11.6 Å². The Morgan fingerprint density at radius 2 is 2.00 bits per heavy atom. The molecule has 3 heteroatoms. The molecule has 1 N–H and O–H groups in total. The molecule has 0 saturated heterocycles. The fourth-order valence-electron chi connectivity index (χ4n) is 1.22. The van der Waals surface area contributed by atoms with Gasteiger partial charge >= 0.3 is 0 Å². The molecular formula is C10H13F2N. The minimum absolute atomic E-state index is 0.467. The van der Waals surface area contributed by atoms with Crippen LogP contribution >= 0.6 is 0 Å². The van der Waals surface area contributed by atoms with Crippen LogP contribution in [0.4, 0.5) is 8.78 Å². The summed E-state index contributed by atoms with van der Waals surface area (Å²) in [5.74, 6) is -0.972. The molecule has 0 aromatic heterocycles. The number of benzene rings is 1. The first-order valence-electron chi connectivity index (χ1n) is 4.24. The van der Waals surface area contributed by atoms with E-state index in [9.17, 15) is 8.78 Å². The minimum atomic E-state index is -0.505. The van der Waals surface area contributed by atoms with Gasteiger partial charge in [-0.3, -0.25) is 0 Å². The largest absolute Gasteiger partial charge is 0.319 e. The van der Waals surface area contributed by atoms with Crippen LogP contribution in [0.15, 0.2) is 12.1 Å². The third-order valence-corrected chi connectivity index (χ3v) is 2.06. The Balaban J connectivity index is 2.92. The molecule has 0 amide bonds. The Hall–Kier alpha value is -0.960. The maximum absolute atomic E-state index is 13.0. The lowest BCUT2D eigenvalue weighted by Crippen LogP contribution is -2.11. The standard InChI is InChI=1S/C10H13F2N/c1-7-8(3-4-13-2)5-9(11)6-10(7)12/h5-6,13H,3-4H2,1-2H3. The smallest absolute Gasteiger partial charge is 0.129 e. The van der Waals surface area contributed by atoms with Crippen LogP contribution in [-0.2, 0) is 6.42 Å². The van der Waals surface area contributed by atoms with Crippen LogP contribution in [0, 0.1) is 18.6 Å². The summed E-state index contributed by atoms with van der Waals surface area (Å²) in [6.45, 7) is 2.39. The maximum Gasteiger partial charge on any atom is 0.129 e. The van der Waals surface area contributed by atoms with Crippen molar-refractivity contribution in [2.24, 2.45) is 0 Å². The van der Waals surface area contributed by atoms with Crippen molar-refractivity contribution in [1.82, 2.24) is 5.32 Å². The zero-order chi connectivity index (χ0) is 9.84. The second-order valence-electron chi connectivity index (χ2n) is 3.03. The van der Waals surface area contributed by atoms with E-state index in [0.717, 1.165) is 18.2 Å². The van der Waals surface area contributed by atoms with Crippen LogP contribution in [0.25, 0.3) is 0 Å². The highest BCUT2D eigenvalue weighted by Crippen LogP contribution is 2.14. The summed E-state index contributed by atoms with van der Waals surface area (Å²) in [7, 11) is 1.81. The van der Waals surface area contributed by atoms with Gasteiger partial charge < -0.3 is 5.32 Å². The summed E-state index contributed by atoms with van der Waals surface area (Å²) in [5.41, 5.74) is 1.27. The fraction of sp³-hybridized carbons (Fsp3) is 0.400. The number of nitrogens with one attached hydrogen (secondary N) is 1. The van der Waals surface area contributed by atoms with E-state index in [0.29, 0.717) is 12.0 Å². The maximum atomic E-state index is 13.0. The van der Waals surface area contributed by atoms with Gasteiger partial charge in [0.2, 0.25) is 0 Å². The number of hydrogen-bond donors (Lipinski definition) is 1. The Labute approximate surface area is 76.8 Å². The summed E-state index contributed by atoms with van der Waals surface area (Å²) in [6.07, 6.45) is 0.650. The van der Waals surface area contributed by atoms with E-state index in [-0.39, 0.29) is 0 Å². The second kappa shape index (κ2) is 4.33. The molecule has 72 valence electrons. The lowest BCUT2D eigenvalue weighted by Gasteiger charge is -2.06. The average molecular weight is 185 g/mol. The van der Waals surface area contributed by atoms with Crippen LogP contribution in [0.1, 0.15) is 11.1 Å². The monoisotopic (exact) mass is 185 g/mol. The molecule has 13 heavy (non-hydrogen) atoms. The Morgan fingerprint density at radius 3 is 2.62 bits per heavy atom. The van der Waals surface area contributed by atoms with Gasteiger partial charge in [0, 0.05) is 6.07 Å². The fourth-order valence-corrected chi connectivity index (χ4v) is 1.22. The molecule has 0 saturated carbocycles. The normalized spacial score (nSPS) is 10.5. The van der Waals surface area contributed by atoms with Gasteiger partial charge in [0.05, 0.1) is 0 Å². The molecule has 0 aliphatic heterocycles. The van der Waals surface area contributed by atoms with Gasteiger partial charge in [0.25, 0.3) is 0 Å². The Bertz CT molecular complexity index is 297. The van der Waals surface area contributed by atoms with E-state index in [2.05, 4.69) is 5.32 Å². The van der Waals surface area contributed by atoms with Crippen molar-refractivity contribution in [2.45, 2.75) is 13.3 Å². The van der Waals surface area contributed by atoms with E-state index >= 15 is 0 Å². The summed E-state index contributed by atoms with van der Waals surface area (Å²) in [6, 6.07) is 2.30.